The van der Waals surface area contributed by atoms with E-state index in [2.05, 4.69) is 25.6 Å². The lowest BCUT2D eigenvalue weighted by Gasteiger charge is -2.22. The Morgan fingerprint density at radius 3 is 2.56 bits per heavy atom. The van der Waals surface area contributed by atoms with Crippen LogP contribution in [-0.4, -0.2) is 55.5 Å². The van der Waals surface area contributed by atoms with Gasteiger partial charge in [-0.25, -0.2) is 14.4 Å². The van der Waals surface area contributed by atoms with Gasteiger partial charge in [0, 0.05) is 37.3 Å². The van der Waals surface area contributed by atoms with Gasteiger partial charge in [0.25, 0.3) is 0 Å². The van der Waals surface area contributed by atoms with Gasteiger partial charge >= 0.3 is 0 Å². The molecule has 1 aromatic carbocycles. The summed E-state index contributed by atoms with van der Waals surface area (Å²) in [7, 11) is 3.14. The van der Waals surface area contributed by atoms with Crippen molar-refractivity contribution in [2.75, 3.05) is 51.2 Å². The van der Waals surface area contributed by atoms with Crippen molar-refractivity contribution in [2.45, 2.75) is 26.2 Å². The first-order chi connectivity index (χ1) is 16.6. The molecular weight excluding hydrogens is 441 g/mol. The number of nitrogens with one attached hydrogen (secondary N) is 2. The normalized spacial score (nSPS) is 14.1. The van der Waals surface area contributed by atoms with Crippen LogP contribution in [0.5, 0.6) is 17.4 Å². The van der Waals surface area contributed by atoms with Crippen LogP contribution in [0.2, 0.25) is 0 Å². The van der Waals surface area contributed by atoms with E-state index >= 15 is 0 Å². The smallest absolute Gasteiger partial charge is 0.250 e. The lowest BCUT2D eigenvalue weighted by Crippen LogP contribution is -2.19. The third kappa shape index (κ3) is 5.56. The molecule has 0 bridgehead atoms. The van der Waals surface area contributed by atoms with Crippen LogP contribution < -0.4 is 24.8 Å². The average molecular weight is 472 g/mol. The summed E-state index contributed by atoms with van der Waals surface area (Å²) in [5, 5.41) is 7.19. The van der Waals surface area contributed by atoms with Gasteiger partial charge in [-0.3, -0.25) is 0 Å². The van der Waals surface area contributed by atoms with E-state index in [1.165, 1.54) is 12.3 Å². The minimum absolute atomic E-state index is 0.0394. The number of hydrogen-bond acceptors (Lipinski definition) is 9. The maximum Gasteiger partial charge on any atom is 0.250 e. The van der Waals surface area contributed by atoms with Crippen LogP contribution in [0.4, 0.5) is 21.8 Å². The fourth-order valence-corrected chi connectivity index (χ4v) is 3.93. The third-order valence-corrected chi connectivity index (χ3v) is 5.73. The van der Waals surface area contributed by atoms with Gasteiger partial charge in [-0.05, 0) is 38.2 Å². The molecule has 3 aromatic rings. The van der Waals surface area contributed by atoms with Gasteiger partial charge in [-0.1, -0.05) is 0 Å². The molecule has 0 spiro atoms. The quantitative estimate of drug-likeness (QED) is 0.441. The zero-order chi connectivity index (χ0) is 23.9. The van der Waals surface area contributed by atoms with Crippen molar-refractivity contribution in [3.8, 4) is 17.4 Å². The summed E-state index contributed by atoms with van der Waals surface area (Å²) in [6, 6.07) is 4.91. The van der Waals surface area contributed by atoms with Gasteiger partial charge in [0.05, 0.1) is 38.2 Å². The van der Waals surface area contributed by atoms with Crippen LogP contribution in [0.1, 0.15) is 26.2 Å². The molecule has 0 radical (unpaired) electrons. The average Bonchev–Trinajstić information content (AvgIpc) is 2.85. The number of benzene rings is 1. The van der Waals surface area contributed by atoms with Crippen LogP contribution in [0.15, 0.2) is 24.4 Å². The SMILES string of the molecule is CCOc1ncc(Nc2nc(NCCC3CCOCC3)nc3cc(OC)c(OC)cc23)cc1F. The van der Waals surface area contributed by atoms with Gasteiger partial charge in [0.2, 0.25) is 11.8 Å². The Morgan fingerprint density at radius 1 is 1.09 bits per heavy atom. The summed E-state index contributed by atoms with van der Waals surface area (Å²) in [6.07, 6.45) is 4.65. The maximum absolute atomic E-state index is 14.4. The van der Waals surface area contributed by atoms with Crippen LogP contribution in [0.25, 0.3) is 10.9 Å². The maximum atomic E-state index is 14.4. The van der Waals surface area contributed by atoms with E-state index in [1.807, 2.05) is 0 Å². The van der Waals surface area contributed by atoms with E-state index in [0.29, 0.717) is 52.4 Å². The second-order valence-corrected chi connectivity index (χ2v) is 7.96. The first-order valence-electron chi connectivity index (χ1n) is 11.4. The number of anilines is 3. The minimum Gasteiger partial charge on any atom is -0.493 e. The summed E-state index contributed by atoms with van der Waals surface area (Å²) >= 11 is 0. The van der Waals surface area contributed by atoms with E-state index in [1.54, 1.807) is 33.3 Å². The number of methoxy groups -OCH3 is 2. The van der Waals surface area contributed by atoms with E-state index < -0.39 is 5.82 Å². The number of rotatable bonds is 10. The highest BCUT2D eigenvalue weighted by atomic mass is 19.1. The predicted octanol–water partition coefficient (Wildman–Crippen LogP) is 4.55. The van der Waals surface area contributed by atoms with Gasteiger partial charge in [-0.15, -0.1) is 0 Å². The minimum atomic E-state index is -0.556. The summed E-state index contributed by atoms with van der Waals surface area (Å²) < 4.78 is 35.9. The number of hydrogen-bond donors (Lipinski definition) is 2. The molecule has 0 atom stereocenters. The van der Waals surface area contributed by atoms with Gasteiger partial charge in [0.1, 0.15) is 5.82 Å². The molecule has 1 saturated heterocycles. The Labute approximate surface area is 198 Å². The molecule has 0 aliphatic carbocycles. The summed E-state index contributed by atoms with van der Waals surface area (Å²) in [5.41, 5.74) is 1.09. The van der Waals surface area contributed by atoms with Crippen LogP contribution in [0, 0.1) is 11.7 Å². The number of ether oxygens (including phenoxy) is 4. The Morgan fingerprint density at radius 2 is 1.85 bits per heavy atom. The lowest BCUT2D eigenvalue weighted by molar-refractivity contribution is 0.0649. The summed E-state index contributed by atoms with van der Waals surface area (Å²) in [5.74, 6) is 2.08. The van der Waals surface area contributed by atoms with Crippen LogP contribution in [-0.2, 0) is 4.74 Å². The standard InChI is InChI=1S/C24H30FN5O4/c1-4-34-23-18(25)11-16(14-27-23)28-22-17-12-20(31-2)21(32-3)13-19(17)29-24(30-22)26-8-5-15-6-9-33-10-7-15/h11-15H,4-10H2,1-3H3,(H2,26,28,29,30). The summed E-state index contributed by atoms with van der Waals surface area (Å²) in [6.45, 7) is 4.48. The molecule has 1 fully saturated rings. The molecule has 2 aromatic heterocycles. The van der Waals surface area contributed by atoms with E-state index in [0.717, 1.165) is 39.0 Å². The largest absolute Gasteiger partial charge is 0.493 e. The zero-order valence-electron chi connectivity index (χ0n) is 19.7. The number of fused-ring (bicyclic) bond motifs is 1. The van der Waals surface area contributed by atoms with Gasteiger partial charge in [-0.2, -0.15) is 4.98 Å². The molecule has 34 heavy (non-hydrogen) atoms. The van der Waals surface area contributed by atoms with E-state index in [9.17, 15) is 4.39 Å². The first-order valence-corrected chi connectivity index (χ1v) is 11.4. The van der Waals surface area contributed by atoms with Crippen molar-refractivity contribution >= 4 is 28.4 Å². The Kier molecular flexibility index (Phi) is 7.79. The molecule has 0 unspecified atom stereocenters. The lowest BCUT2D eigenvalue weighted by atomic mass is 9.97. The van der Waals surface area contributed by atoms with E-state index in [4.69, 9.17) is 18.9 Å². The predicted molar refractivity (Wildman–Crippen MR) is 128 cm³/mol. The van der Waals surface area contributed by atoms with Crippen molar-refractivity contribution in [1.29, 1.82) is 0 Å². The van der Waals surface area contributed by atoms with Gasteiger partial charge < -0.3 is 29.6 Å². The molecule has 182 valence electrons. The molecule has 10 heteroatoms. The Balaban J connectivity index is 1.63. The molecule has 0 amide bonds. The van der Waals surface area contributed by atoms with Crippen molar-refractivity contribution < 1.29 is 23.3 Å². The van der Waals surface area contributed by atoms with E-state index in [-0.39, 0.29) is 5.88 Å². The number of halogens is 1. The van der Waals surface area contributed by atoms with Crippen molar-refractivity contribution in [2.24, 2.45) is 5.92 Å². The van der Waals surface area contributed by atoms with Crippen molar-refractivity contribution in [3.05, 3.63) is 30.2 Å². The molecule has 3 heterocycles. The summed E-state index contributed by atoms with van der Waals surface area (Å²) in [4.78, 5) is 13.4. The van der Waals surface area contributed by atoms with Gasteiger partial charge in [0.15, 0.2) is 17.3 Å². The zero-order valence-corrected chi connectivity index (χ0v) is 19.7. The molecule has 1 aliphatic heterocycles. The second-order valence-electron chi connectivity index (χ2n) is 7.96. The molecular formula is C24H30FN5O4. The number of pyridine rings is 1. The molecule has 2 N–H and O–H groups in total. The van der Waals surface area contributed by atoms with Crippen molar-refractivity contribution in [1.82, 2.24) is 15.0 Å². The Hall–Kier alpha value is -3.40. The van der Waals surface area contributed by atoms with Crippen LogP contribution in [0.3, 0.4) is 0 Å². The molecule has 9 nitrogen and oxygen atoms in total. The third-order valence-electron chi connectivity index (χ3n) is 5.73. The topological polar surface area (TPSA) is 99.7 Å². The molecule has 0 saturated carbocycles. The highest BCUT2D eigenvalue weighted by Gasteiger charge is 2.16. The fourth-order valence-electron chi connectivity index (χ4n) is 3.93. The van der Waals surface area contributed by atoms with Crippen LogP contribution >= 0.6 is 0 Å². The molecule has 4 rings (SSSR count). The van der Waals surface area contributed by atoms with Crippen molar-refractivity contribution in [3.63, 3.8) is 0 Å². The Bertz CT molecular complexity index is 1120. The second kappa shape index (κ2) is 11.1. The monoisotopic (exact) mass is 471 g/mol. The highest BCUT2D eigenvalue weighted by molar-refractivity contribution is 5.94. The number of aromatic nitrogens is 3. The first kappa shape index (κ1) is 23.7. The fraction of sp³-hybridized carbons (Fsp3) is 0.458. The highest BCUT2D eigenvalue weighted by Crippen LogP contribution is 2.35. The molecule has 1 aliphatic rings. The number of nitrogens with zero attached hydrogens (tertiary/aromatic N) is 3.